The zero-order chi connectivity index (χ0) is 22.9. The summed E-state index contributed by atoms with van der Waals surface area (Å²) in [6.07, 6.45) is 1.76. The molecular weight excluding hydrogens is 406 g/mol. The lowest BCUT2D eigenvalue weighted by atomic mass is 10.00. The second-order valence-corrected chi connectivity index (χ2v) is 9.05. The standard InChI is InChI=1S/C26H33NO5/c1-17(2)9-12-30-22-8-7-20(15-23(22)29-5)16-27-24-19(4)13-18(3)14-21(24)26(25(27)28)31-10-6-11-32-26/h7-8,13-15,17H,6,9-12,16H2,1-5H3. The van der Waals surface area contributed by atoms with Gasteiger partial charge in [-0.3, -0.25) is 4.79 Å². The molecule has 6 heteroatoms. The van der Waals surface area contributed by atoms with E-state index in [0.717, 1.165) is 40.8 Å². The summed E-state index contributed by atoms with van der Waals surface area (Å²) in [5.41, 5.74) is 4.74. The molecule has 1 saturated heterocycles. The van der Waals surface area contributed by atoms with Crippen molar-refractivity contribution in [3.05, 3.63) is 52.6 Å². The van der Waals surface area contributed by atoms with E-state index in [4.69, 9.17) is 18.9 Å². The Labute approximate surface area is 190 Å². The number of ether oxygens (including phenoxy) is 4. The number of amides is 1. The van der Waals surface area contributed by atoms with Gasteiger partial charge in [0.2, 0.25) is 0 Å². The van der Waals surface area contributed by atoms with Gasteiger partial charge in [-0.25, -0.2) is 0 Å². The van der Waals surface area contributed by atoms with Crippen LogP contribution in [0.15, 0.2) is 30.3 Å². The summed E-state index contributed by atoms with van der Waals surface area (Å²) in [4.78, 5) is 15.4. The number of carbonyl (C=O) groups excluding carboxylic acids is 1. The van der Waals surface area contributed by atoms with E-state index in [0.29, 0.717) is 43.8 Å². The number of anilines is 1. The molecule has 0 radical (unpaired) electrons. The van der Waals surface area contributed by atoms with Crippen LogP contribution in [0.3, 0.4) is 0 Å². The Balaban J connectivity index is 1.64. The zero-order valence-electron chi connectivity index (χ0n) is 19.7. The highest BCUT2D eigenvalue weighted by molar-refractivity contribution is 6.07. The van der Waals surface area contributed by atoms with Crippen LogP contribution in [-0.2, 0) is 26.6 Å². The predicted octanol–water partition coefficient (Wildman–Crippen LogP) is 4.87. The molecule has 6 nitrogen and oxygen atoms in total. The third-order valence-corrected chi connectivity index (χ3v) is 6.02. The minimum atomic E-state index is -1.34. The van der Waals surface area contributed by atoms with Crippen LogP contribution in [-0.4, -0.2) is 32.8 Å². The van der Waals surface area contributed by atoms with Gasteiger partial charge in [0.1, 0.15) is 0 Å². The molecule has 0 unspecified atom stereocenters. The molecule has 172 valence electrons. The van der Waals surface area contributed by atoms with Crippen LogP contribution in [0.2, 0.25) is 0 Å². The summed E-state index contributed by atoms with van der Waals surface area (Å²) in [5.74, 6) is 0.446. The number of hydrogen-bond donors (Lipinski definition) is 0. The van der Waals surface area contributed by atoms with E-state index in [1.54, 1.807) is 12.0 Å². The van der Waals surface area contributed by atoms with E-state index in [1.165, 1.54) is 0 Å². The largest absolute Gasteiger partial charge is 0.493 e. The molecule has 0 saturated carbocycles. The molecular formula is C26H33NO5. The smallest absolute Gasteiger partial charge is 0.292 e. The highest BCUT2D eigenvalue weighted by Crippen LogP contribution is 2.48. The van der Waals surface area contributed by atoms with Gasteiger partial charge >= 0.3 is 0 Å². The van der Waals surface area contributed by atoms with Gasteiger partial charge < -0.3 is 23.8 Å². The lowest BCUT2D eigenvalue weighted by Gasteiger charge is -2.32. The van der Waals surface area contributed by atoms with E-state index in [-0.39, 0.29) is 5.91 Å². The number of benzene rings is 2. The lowest BCUT2D eigenvalue weighted by molar-refractivity contribution is -0.256. The molecule has 2 aromatic carbocycles. The van der Waals surface area contributed by atoms with Gasteiger partial charge in [-0.1, -0.05) is 31.5 Å². The Morgan fingerprint density at radius 1 is 1.09 bits per heavy atom. The fourth-order valence-corrected chi connectivity index (χ4v) is 4.44. The van der Waals surface area contributed by atoms with Crippen molar-refractivity contribution in [2.75, 3.05) is 31.8 Å². The van der Waals surface area contributed by atoms with E-state index in [9.17, 15) is 4.79 Å². The monoisotopic (exact) mass is 439 g/mol. The van der Waals surface area contributed by atoms with Crippen molar-refractivity contribution in [2.45, 2.75) is 52.9 Å². The molecule has 1 spiro atoms. The van der Waals surface area contributed by atoms with Crippen LogP contribution < -0.4 is 14.4 Å². The first kappa shape index (κ1) is 22.6. The Morgan fingerprint density at radius 3 is 2.53 bits per heavy atom. The normalized spacial score (nSPS) is 17.2. The molecule has 0 aromatic heterocycles. The molecule has 0 atom stereocenters. The maximum atomic E-state index is 13.7. The van der Waals surface area contributed by atoms with Gasteiger partial charge in [0, 0.05) is 5.56 Å². The van der Waals surface area contributed by atoms with Gasteiger partial charge in [-0.05, 0) is 61.9 Å². The van der Waals surface area contributed by atoms with Crippen molar-refractivity contribution in [3.8, 4) is 11.5 Å². The Kier molecular flexibility index (Phi) is 6.45. The first-order valence-electron chi connectivity index (χ1n) is 11.4. The molecule has 1 amide bonds. The van der Waals surface area contributed by atoms with Gasteiger partial charge in [0.05, 0.1) is 39.2 Å². The summed E-state index contributed by atoms with van der Waals surface area (Å²) < 4.78 is 23.5. The fraction of sp³-hybridized carbons (Fsp3) is 0.500. The number of carbonyl (C=O) groups is 1. The second kappa shape index (κ2) is 9.12. The highest BCUT2D eigenvalue weighted by Gasteiger charge is 2.55. The number of aryl methyl sites for hydroxylation is 2. The van der Waals surface area contributed by atoms with Crippen molar-refractivity contribution >= 4 is 11.6 Å². The number of hydrogen-bond acceptors (Lipinski definition) is 5. The maximum absolute atomic E-state index is 13.7. The molecule has 1 fully saturated rings. The zero-order valence-corrected chi connectivity index (χ0v) is 19.7. The third-order valence-electron chi connectivity index (χ3n) is 6.02. The first-order valence-corrected chi connectivity index (χ1v) is 11.4. The Bertz CT molecular complexity index is 994. The Morgan fingerprint density at radius 2 is 1.84 bits per heavy atom. The molecule has 2 aliphatic rings. The third kappa shape index (κ3) is 4.09. The quantitative estimate of drug-likeness (QED) is 0.616. The maximum Gasteiger partial charge on any atom is 0.292 e. The summed E-state index contributed by atoms with van der Waals surface area (Å²) in [6.45, 7) is 10.4. The number of nitrogens with zero attached hydrogens (tertiary/aromatic N) is 1. The van der Waals surface area contributed by atoms with E-state index < -0.39 is 5.79 Å². The first-order chi connectivity index (χ1) is 15.4. The van der Waals surface area contributed by atoms with Crippen molar-refractivity contribution < 1.29 is 23.7 Å². The molecule has 2 heterocycles. The van der Waals surface area contributed by atoms with Crippen LogP contribution in [0.4, 0.5) is 5.69 Å². The molecule has 2 aromatic rings. The minimum Gasteiger partial charge on any atom is -0.493 e. The van der Waals surface area contributed by atoms with Crippen LogP contribution in [0, 0.1) is 19.8 Å². The minimum absolute atomic E-state index is 0.169. The van der Waals surface area contributed by atoms with Crippen molar-refractivity contribution in [1.29, 1.82) is 0 Å². The van der Waals surface area contributed by atoms with E-state index >= 15 is 0 Å². The molecule has 32 heavy (non-hydrogen) atoms. The SMILES string of the molecule is COc1cc(CN2C(=O)C3(OCCCO3)c3cc(C)cc(C)c32)ccc1OCCC(C)C. The number of methoxy groups -OCH3 is 1. The molecule has 0 N–H and O–H groups in total. The average Bonchev–Trinajstić information content (AvgIpc) is 2.97. The lowest BCUT2D eigenvalue weighted by Crippen LogP contribution is -2.47. The molecule has 0 aliphatic carbocycles. The molecule has 0 bridgehead atoms. The van der Waals surface area contributed by atoms with Crippen molar-refractivity contribution in [1.82, 2.24) is 0 Å². The van der Waals surface area contributed by atoms with Crippen molar-refractivity contribution in [3.63, 3.8) is 0 Å². The van der Waals surface area contributed by atoms with Crippen LogP contribution in [0.5, 0.6) is 11.5 Å². The van der Waals surface area contributed by atoms with Gasteiger partial charge in [-0.15, -0.1) is 0 Å². The topological polar surface area (TPSA) is 57.2 Å². The average molecular weight is 440 g/mol. The highest BCUT2D eigenvalue weighted by atomic mass is 16.7. The number of rotatable bonds is 7. The number of fused-ring (bicyclic) bond motifs is 2. The van der Waals surface area contributed by atoms with E-state index in [2.05, 4.69) is 19.9 Å². The summed E-state index contributed by atoms with van der Waals surface area (Å²) in [7, 11) is 1.64. The fourth-order valence-electron chi connectivity index (χ4n) is 4.44. The summed E-state index contributed by atoms with van der Waals surface area (Å²) in [5, 5.41) is 0. The molecule has 4 rings (SSSR count). The predicted molar refractivity (Wildman–Crippen MR) is 123 cm³/mol. The van der Waals surface area contributed by atoms with Crippen LogP contribution >= 0.6 is 0 Å². The van der Waals surface area contributed by atoms with Crippen LogP contribution in [0.25, 0.3) is 0 Å². The van der Waals surface area contributed by atoms with Crippen molar-refractivity contribution in [2.24, 2.45) is 5.92 Å². The van der Waals surface area contributed by atoms with Gasteiger partial charge in [-0.2, -0.15) is 0 Å². The second-order valence-electron chi connectivity index (χ2n) is 9.05. The van der Waals surface area contributed by atoms with E-state index in [1.807, 2.05) is 38.1 Å². The molecule has 2 aliphatic heterocycles. The van der Waals surface area contributed by atoms with Crippen LogP contribution in [0.1, 0.15) is 48.9 Å². The summed E-state index contributed by atoms with van der Waals surface area (Å²) in [6, 6.07) is 9.94. The van der Waals surface area contributed by atoms with Gasteiger partial charge in [0.25, 0.3) is 11.7 Å². The summed E-state index contributed by atoms with van der Waals surface area (Å²) >= 11 is 0. The van der Waals surface area contributed by atoms with Gasteiger partial charge in [0.15, 0.2) is 11.5 Å². The Hall–Kier alpha value is -2.57.